The second kappa shape index (κ2) is 7.95. The largest absolute Gasteiger partial charge is 0.494 e. The number of rotatable bonds is 8. The van der Waals surface area contributed by atoms with Crippen LogP contribution in [0.15, 0.2) is 36.4 Å². The van der Waals surface area contributed by atoms with Gasteiger partial charge in [0.25, 0.3) is 0 Å². The highest BCUT2D eigenvalue weighted by Crippen LogP contribution is 2.28. The lowest BCUT2D eigenvalue weighted by Gasteiger charge is -2.09. The average Bonchev–Trinajstić information content (AvgIpc) is 2.62. The van der Waals surface area contributed by atoms with Crippen molar-refractivity contribution in [2.24, 2.45) is 0 Å². The summed E-state index contributed by atoms with van der Waals surface area (Å²) < 4.78 is 11.7. The number of fused-ring (bicyclic) bond motifs is 3. The molecule has 0 amide bonds. The minimum atomic E-state index is 0.740. The summed E-state index contributed by atoms with van der Waals surface area (Å²) in [5.41, 5.74) is 1.74. The molecule has 0 bridgehead atoms. The van der Waals surface area contributed by atoms with Gasteiger partial charge in [0.15, 0.2) is 0 Å². The molecule has 24 heavy (non-hydrogen) atoms. The maximum Gasteiger partial charge on any atom is 0.120 e. The number of unbranched alkanes of at least 4 members (excludes halogenated alkanes) is 2. The molecule has 0 atom stereocenters. The maximum atomic E-state index is 5.83. The molecule has 3 rings (SSSR count). The van der Waals surface area contributed by atoms with Crippen molar-refractivity contribution in [2.45, 2.75) is 39.5 Å². The Labute approximate surface area is 142 Å². The minimum absolute atomic E-state index is 0.740. The Morgan fingerprint density at radius 1 is 0.708 bits per heavy atom. The van der Waals surface area contributed by atoms with Crippen LogP contribution in [0.4, 0.5) is 0 Å². The van der Waals surface area contributed by atoms with Crippen LogP contribution in [0.25, 0.3) is 21.8 Å². The van der Waals surface area contributed by atoms with Crippen molar-refractivity contribution in [2.75, 3.05) is 13.2 Å². The van der Waals surface area contributed by atoms with Gasteiger partial charge in [0.2, 0.25) is 0 Å². The molecule has 0 aliphatic heterocycles. The average molecular weight is 324 g/mol. The summed E-state index contributed by atoms with van der Waals surface area (Å²) >= 11 is 0. The lowest BCUT2D eigenvalue weighted by Crippen LogP contribution is -1.98. The Kier molecular flexibility index (Phi) is 5.47. The number of hydrogen-bond acceptors (Lipinski definition) is 4. The zero-order chi connectivity index (χ0) is 16.8. The standard InChI is InChI=1S/C20H24N2O2/c1-3-5-11-23-15-7-9-19-17(13-15)18-14-16(24-12-6-4-2)8-10-20(18)22-21-19/h7-10,13-14H,3-6,11-12H2,1-2H3. The van der Waals surface area contributed by atoms with Gasteiger partial charge in [-0.3, -0.25) is 0 Å². The Balaban J connectivity index is 1.95. The Morgan fingerprint density at radius 3 is 1.58 bits per heavy atom. The first-order valence-electron chi connectivity index (χ1n) is 8.77. The van der Waals surface area contributed by atoms with Gasteiger partial charge in [-0.05, 0) is 49.2 Å². The molecule has 0 saturated carbocycles. The molecule has 1 aromatic heterocycles. The second-order valence-corrected chi connectivity index (χ2v) is 5.96. The van der Waals surface area contributed by atoms with E-state index in [9.17, 15) is 0 Å². The zero-order valence-corrected chi connectivity index (χ0v) is 14.4. The first-order valence-corrected chi connectivity index (χ1v) is 8.77. The van der Waals surface area contributed by atoms with Crippen molar-refractivity contribution in [1.82, 2.24) is 10.2 Å². The molecule has 3 aromatic rings. The van der Waals surface area contributed by atoms with Gasteiger partial charge in [0, 0.05) is 10.8 Å². The van der Waals surface area contributed by atoms with E-state index in [1.54, 1.807) is 0 Å². The topological polar surface area (TPSA) is 44.2 Å². The van der Waals surface area contributed by atoms with E-state index in [-0.39, 0.29) is 0 Å². The van der Waals surface area contributed by atoms with Crippen LogP contribution in [-0.2, 0) is 0 Å². The molecule has 0 N–H and O–H groups in total. The van der Waals surface area contributed by atoms with Gasteiger partial charge in [0.05, 0.1) is 24.2 Å². The molecule has 0 unspecified atom stereocenters. The smallest absolute Gasteiger partial charge is 0.120 e. The molecule has 0 spiro atoms. The molecular formula is C20H24N2O2. The van der Waals surface area contributed by atoms with E-state index in [4.69, 9.17) is 9.47 Å². The van der Waals surface area contributed by atoms with Gasteiger partial charge in [-0.15, -0.1) is 10.2 Å². The van der Waals surface area contributed by atoms with Crippen molar-refractivity contribution in [3.8, 4) is 11.5 Å². The fourth-order valence-electron chi connectivity index (χ4n) is 2.59. The van der Waals surface area contributed by atoms with E-state index in [1.807, 2.05) is 24.3 Å². The minimum Gasteiger partial charge on any atom is -0.494 e. The van der Waals surface area contributed by atoms with Crippen molar-refractivity contribution >= 4 is 21.8 Å². The van der Waals surface area contributed by atoms with E-state index in [2.05, 4.69) is 36.2 Å². The molecule has 0 saturated heterocycles. The van der Waals surface area contributed by atoms with Crippen LogP contribution in [0.5, 0.6) is 11.5 Å². The van der Waals surface area contributed by atoms with Crippen LogP contribution in [0.1, 0.15) is 39.5 Å². The molecule has 0 radical (unpaired) electrons. The normalized spacial score (nSPS) is 11.1. The Hall–Kier alpha value is -2.36. The maximum absolute atomic E-state index is 5.83. The van der Waals surface area contributed by atoms with E-state index in [0.717, 1.165) is 72.2 Å². The number of ether oxygens (including phenoxy) is 2. The predicted molar refractivity (Wildman–Crippen MR) is 97.9 cm³/mol. The third-order valence-corrected chi connectivity index (χ3v) is 4.02. The van der Waals surface area contributed by atoms with Crippen molar-refractivity contribution < 1.29 is 9.47 Å². The van der Waals surface area contributed by atoms with Gasteiger partial charge in [-0.25, -0.2) is 0 Å². The number of hydrogen-bond donors (Lipinski definition) is 0. The molecule has 4 nitrogen and oxygen atoms in total. The summed E-state index contributed by atoms with van der Waals surface area (Å²) in [6.45, 7) is 5.80. The first kappa shape index (κ1) is 16.5. The molecule has 0 aliphatic rings. The molecule has 0 aliphatic carbocycles. The highest BCUT2D eigenvalue weighted by Gasteiger charge is 2.07. The van der Waals surface area contributed by atoms with Gasteiger partial charge in [-0.1, -0.05) is 26.7 Å². The molecule has 0 fully saturated rings. The van der Waals surface area contributed by atoms with Crippen molar-refractivity contribution in [3.05, 3.63) is 36.4 Å². The van der Waals surface area contributed by atoms with Gasteiger partial charge in [-0.2, -0.15) is 0 Å². The lowest BCUT2D eigenvalue weighted by atomic mass is 10.1. The number of nitrogens with zero attached hydrogens (tertiary/aromatic N) is 2. The van der Waals surface area contributed by atoms with Gasteiger partial charge >= 0.3 is 0 Å². The zero-order valence-electron chi connectivity index (χ0n) is 14.4. The van der Waals surface area contributed by atoms with Crippen LogP contribution >= 0.6 is 0 Å². The van der Waals surface area contributed by atoms with E-state index in [0.29, 0.717) is 0 Å². The summed E-state index contributed by atoms with van der Waals surface area (Å²) in [5, 5.41) is 10.7. The molecule has 2 aromatic carbocycles. The van der Waals surface area contributed by atoms with Crippen LogP contribution in [0.2, 0.25) is 0 Å². The molecule has 1 heterocycles. The van der Waals surface area contributed by atoms with Crippen molar-refractivity contribution in [1.29, 1.82) is 0 Å². The fraction of sp³-hybridized carbons (Fsp3) is 0.400. The molecule has 126 valence electrons. The van der Waals surface area contributed by atoms with Gasteiger partial charge in [0.1, 0.15) is 11.5 Å². The summed E-state index contributed by atoms with van der Waals surface area (Å²) in [4.78, 5) is 0. The number of aromatic nitrogens is 2. The monoisotopic (exact) mass is 324 g/mol. The molecular weight excluding hydrogens is 300 g/mol. The lowest BCUT2D eigenvalue weighted by molar-refractivity contribution is 0.309. The van der Waals surface area contributed by atoms with E-state index >= 15 is 0 Å². The van der Waals surface area contributed by atoms with Crippen LogP contribution in [-0.4, -0.2) is 23.4 Å². The molecule has 4 heteroatoms. The van der Waals surface area contributed by atoms with Crippen LogP contribution in [0.3, 0.4) is 0 Å². The summed E-state index contributed by atoms with van der Waals surface area (Å²) in [5.74, 6) is 1.75. The third kappa shape index (κ3) is 3.75. The second-order valence-electron chi connectivity index (χ2n) is 5.96. The van der Waals surface area contributed by atoms with E-state index < -0.39 is 0 Å². The quantitative estimate of drug-likeness (QED) is 0.425. The van der Waals surface area contributed by atoms with Gasteiger partial charge < -0.3 is 9.47 Å². The highest BCUT2D eigenvalue weighted by molar-refractivity contribution is 6.04. The first-order chi connectivity index (χ1) is 11.8. The van der Waals surface area contributed by atoms with Crippen LogP contribution < -0.4 is 9.47 Å². The predicted octanol–water partition coefficient (Wildman–Crippen LogP) is 5.14. The van der Waals surface area contributed by atoms with E-state index in [1.165, 1.54) is 0 Å². The summed E-state index contributed by atoms with van der Waals surface area (Å²) in [6.07, 6.45) is 4.37. The Bertz CT molecular complexity index is 748. The summed E-state index contributed by atoms with van der Waals surface area (Å²) in [7, 11) is 0. The van der Waals surface area contributed by atoms with Crippen LogP contribution in [0, 0.1) is 0 Å². The third-order valence-electron chi connectivity index (χ3n) is 4.02. The van der Waals surface area contributed by atoms with Crippen molar-refractivity contribution in [3.63, 3.8) is 0 Å². The summed E-state index contributed by atoms with van der Waals surface area (Å²) in [6, 6.07) is 12.0. The Morgan fingerprint density at radius 2 is 1.17 bits per heavy atom. The SMILES string of the molecule is CCCCOc1ccc2nnc3ccc(OCCCC)cc3c2c1. The number of benzene rings is 2. The fourth-order valence-corrected chi connectivity index (χ4v) is 2.59. The highest BCUT2D eigenvalue weighted by atomic mass is 16.5.